The fraction of sp³-hybridized carbons (Fsp3) is 0.500. The average Bonchev–Trinajstić information content (AvgIpc) is 2.79. The predicted octanol–water partition coefficient (Wildman–Crippen LogP) is 1.61. The van der Waals surface area contributed by atoms with Crippen LogP contribution in [0.2, 0.25) is 5.02 Å². The number of halogens is 1. The molecule has 1 heterocycles. The molecule has 0 aromatic heterocycles. The molecule has 2 amide bonds. The zero-order chi connectivity index (χ0) is 16.1. The second kappa shape index (κ2) is 7.61. The molecular formula is C16H22ClN3O2. The largest absolute Gasteiger partial charge is 0.341 e. The molecule has 1 fully saturated rings. The van der Waals surface area contributed by atoms with Gasteiger partial charge in [0.1, 0.15) is 0 Å². The van der Waals surface area contributed by atoms with E-state index in [1.54, 1.807) is 29.2 Å². The highest BCUT2D eigenvalue weighted by Gasteiger charge is 2.24. The quantitative estimate of drug-likeness (QED) is 0.919. The fourth-order valence-corrected chi connectivity index (χ4v) is 2.65. The van der Waals surface area contributed by atoms with Crippen LogP contribution in [0.1, 0.15) is 23.7 Å². The summed E-state index contributed by atoms with van der Waals surface area (Å²) < 4.78 is 0. The van der Waals surface area contributed by atoms with E-state index >= 15 is 0 Å². The number of amides is 2. The van der Waals surface area contributed by atoms with E-state index in [4.69, 9.17) is 17.3 Å². The number of carbonyl (C=O) groups is 2. The van der Waals surface area contributed by atoms with E-state index in [1.165, 1.54) is 0 Å². The lowest BCUT2D eigenvalue weighted by atomic mass is 10.1. The van der Waals surface area contributed by atoms with Crippen LogP contribution in [0.3, 0.4) is 0 Å². The van der Waals surface area contributed by atoms with Crippen molar-refractivity contribution < 1.29 is 9.59 Å². The van der Waals surface area contributed by atoms with E-state index in [0.29, 0.717) is 43.3 Å². The van der Waals surface area contributed by atoms with Gasteiger partial charge in [-0.3, -0.25) is 9.59 Å². The van der Waals surface area contributed by atoms with Gasteiger partial charge in [-0.15, -0.1) is 0 Å². The first-order valence-electron chi connectivity index (χ1n) is 7.56. The van der Waals surface area contributed by atoms with E-state index in [9.17, 15) is 9.59 Å². The standard InChI is InChI=1S/C16H22ClN3O2/c1-12(11-18)15(21)19-7-2-8-20(10-9-19)16(22)13-3-5-14(17)6-4-13/h3-6,12H,2,7-11,18H2,1H3. The second-order valence-corrected chi connectivity index (χ2v) is 6.05. The van der Waals surface area contributed by atoms with Gasteiger partial charge in [0.25, 0.3) is 5.91 Å². The van der Waals surface area contributed by atoms with E-state index in [1.807, 2.05) is 11.8 Å². The molecule has 1 atom stereocenters. The Bertz CT molecular complexity index is 533. The number of hydrogen-bond donors (Lipinski definition) is 1. The normalized spacial score (nSPS) is 17.0. The third-order valence-corrected chi connectivity index (χ3v) is 4.21. The number of hydrogen-bond acceptors (Lipinski definition) is 3. The van der Waals surface area contributed by atoms with Crippen molar-refractivity contribution in [1.82, 2.24) is 9.80 Å². The van der Waals surface area contributed by atoms with E-state index in [-0.39, 0.29) is 17.7 Å². The fourth-order valence-electron chi connectivity index (χ4n) is 2.53. The Morgan fingerprint density at radius 1 is 1.14 bits per heavy atom. The topological polar surface area (TPSA) is 66.6 Å². The maximum Gasteiger partial charge on any atom is 0.253 e. The van der Waals surface area contributed by atoms with Gasteiger partial charge in [0.2, 0.25) is 5.91 Å². The van der Waals surface area contributed by atoms with Crippen LogP contribution in [0.5, 0.6) is 0 Å². The van der Waals surface area contributed by atoms with Crippen LogP contribution in [-0.2, 0) is 4.79 Å². The first-order valence-corrected chi connectivity index (χ1v) is 7.94. The van der Waals surface area contributed by atoms with Crippen LogP contribution >= 0.6 is 11.6 Å². The van der Waals surface area contributed by atoms with Crippen molar-refractivity contribution in [2.75, 3.05) is 32.7 Å². The molecule has 1 aliphatic heterocycles. The molecule has 1 aromatic carbocycles. The maximum atomic E-state index is 12.5. The molecule has 0 radical (unpaired) electrons. The Labute approximate surface area is 136 Å². The SMILES string of the molecule is CC(CN)C(=O)N1CCCN(C(=O)c2ccc(Cl)cc2)CC1. The smallest absolute Gasteiger partial charge is 0.253 e. The first-order chi connectivity index (χ1) is 10.5. The van der Waals surface area contributed by atoms with Gasteiger partial charge in [0.05, 0.1) is 0 Å². The Morgan fingerprint density at radius 2 is 1.73 bits per heavy atom. The molecule has 2 rings (SSSR count). The molecule has 0 saturated carbocycles. The number of carbonyl (C=O) groups excluding carboxylic acids is 2. The van der Waals surface area contributed by atoms with Gasteiger partial charge < -0.3 is 15.5 Å². The summed E-state index contributed by atoms with van der Waals surface area (Å²) in [5.74, 6) is -0.111. The van der Waals surface area contributed by atoms with Gasteiger partial charge in [-0.25, -0.2) is 0 Å². The van der Waals surface area contributed by atoms with Crippen LogP contribution in [0.4, 0.5) is 0 Å². The summed E-state index contributed by atoms with van der Waals surface area (Å²) in [4.78, 5) is 28.3. The lowest BCUT2D eigenvalue weighted by molar-refractivity contribution is -0.134. The van der Waals surface area contributed by atoms with Crippen LogP contribution in [-0.4, -0.2) is 54.3 Å². The number of rotatable bonds is 3. The maximum absolute atomic E-state index is 12.5. The molecule has 0 spiro atoms. The first kappa shape index (κ1) is 16.8. The lowest BCUT2D eigenvalue weighted by Crippen LogP contribution is -2.41. The molecule has 1 aliphatic rings. The summed E-state index contributed by atoms with van der Waals surface area (Å²) in [6.07, 6.45) is 0.780. The number of nitrogens with zero attached hydrogens (tertiary/aromatic N) is 2. The molecule has 0 aliphatic carbocycles. The van der Waals surface area contributed by atoms with Crippen molar-refractivity contribution >= 4 is 23.4 Å². The van der Waals surface area contributed by atoms with Crippen LogP contribution < -0.4 is 5.73 Å². The van der Waals surface area contributed by atoms with Crippen molar-refractivity contribution in [3.8, 4) is 0 Å². The van der Waals surface area contributed by atoms with Gasteiger partial charge in [-0.05, 0) is 30.7 Å². The molecule has 120 valence electrons. The van der Waals surface area contributed by atoms with Crippen LogP contribution in [0, 0.1) is 5.92 Å². The predicted molar refractivity (Wildman–Crippen MR) is 86.8 cm³/mol. The molecule has 1 unspecified atom stereocenters. The van der Waals surface area contributed by atoms with Gasteiger partial charge in [-0.1, -0.05) is 18.5 Å². The molecule has 1 aromatic rings. The molecule has 5 nitrogen and oxygen atoms in total. The molecule has 1 saturated heterocycles. The second-order valence-electron chi connectivity index (χ2n) is 5.61. The van der Waals surface area contributed by atoms with Gasteiger partial charge in [0.15, 0.2) is 0 Å². The molecular weight excluding hydrogens is 302 g/mol. The number of benzene rings is 1. The van der Waals surface area contributed by atoms with Crippen molar-refractivity contribution in [2.24, 2.45) is 11.7 Å². The highest BCUT2D eigenvalue weighted by Crippen LogP contribution is 2.14. The minimum absolute atomic E-state index is 0.0159. The third-order valence-electron chi connectivity index (χ3n) is 3.96. The molecule has 0 bridgehead atoms. The summed E-state index contributed by atoms with van der Waals surface area (Å²) in [6, 6.07) is 6.89. The van der Waals surface area contributed by atoms with Gasteiger partial charge >= 0.3 is 0 Å². The van der Waals surface area contributed by atoms with Crippen molar-refractivity contribution in [3.05, 3.63) is 34.9 Å². The zero-order valence-corrected chi connectivity index (χ0v) is 13.6. The van der Waals surface area contributed by atoms with Crippen molar-refractivity contribution in [2.45, 2.75) is 13.3 Å². The van der Waals surface area contributed by atoms with E-state index in [2.05, 4.69) is 0 Å². The zero-order valence-electron chi connectivity index (χ0n) is 12.8. The average molecular weight is 324 g/mol. The van der Waals surface area contributed by atoms with Crippen LogP contribution in [0.25, 0.3) is 0 Å². The van der Waals surface area contributed by atoms with Crippen LogP contribution in [0.15, 0.2) is 24.3 Å². The Hall–Kier alpha value is -1.59. The Kier molecular flexibility index (Phi) is 5.80. The summed E-state index contributed by atoms with van der Waals surface area (Å²) in [5, 5.41) is 0.611. The molecule has 6 heteroatoms. The third kappa shape index (κ3) is 3.99. The lowest BCUT2D eigenvalue weighted by Gasteiger charge is -2.24. The minimum atomic E-state index is -0.168. The van der Waals surface area contributed by atoms with Crippen molar-refractivity contribution in [3.63, 3.8) is 0 Å². The monoisotopic (exact) mass is 323 g/mol. The van der Waals surface area contributed by atoms with E-state index < -0.39 is 0 Å². The molecule has 2 N–H and O–H groups in total. The Morgan fingerprint density at radius 3 is 2.36 bits per heavy atom. The summed E-state index contributed by atoms with van der Waals surface area (Å²) >= 11 is 5.85. The van der Waals surface area contributed by atoms with Gasteiger partial charge in [0, 0.05) is 49.2 Å². The van der Waals surface area contributed by atoms with E-state index in [0.717, 1.165) is 6.42 Å². The number of nitrogens with two attached hydrogens (primary N) is 1. The highest BCUT2D eigenvalue weighted by molar-refractivity contribution is 6.30. The Balaban J connectivity index is 1.99. The molecule has 22 heavy (non-hydrogen) atoms. The summed E-state index contributed by atoms with van der Waals surface area (Å²) in [7, 11) is 0. The van der Waals surface area contributed by atoms with Crippen molar-refractivity contribution in [1.29, 1.82) is 0 Å². The minimum Gasteiger partial charge on any atom is -0.341 e. The summed E-state index contributed by atoms with van der Waals surface area (Å²) in [6.45, 7) is 4.62. The summed E-state index contributed by atoms with van der Waals surface area (Å²) in [5.41, 5.74) is 6.18. The highest BCUT2D eigenvalue weighted by atomic mass is 35.5. The van der Waals surface area contributed by atoms with Gasteiger partial charge in [-0.2, -0.15) is 0 Å².